The lowest BCUT2D eigenvalue weighted by Gasteiger charge is -2.15. The van der Waals surface area contributed by atoms with E-state index in [1.807, 2.05) is 13.8 Å². The molecule has 0 aliphatic heterocycles. The summed E-state index contributed by atoms with van der Waals surface area (Å²) in [6.45, 7) is 5.70. The standard InChI is InChI=1S/C15H16Cl2FN3O/c1-7(2)13-6-14(21-20-13)15(22)19-8(3)9-4-12(18)11(17)5-10(9)16/h4-8H,1-3H3,(H,19,22)(H,20,21). The lowest BCUT2D eigenvalue weighted by Crippen LogP contribution is -2.27. The SMILES string of the molecule is CC(C)c1cc(C(=O)NC(C)c2cc(F)c(Cl)cc2Cl)n[nH]1. The fraction of sp³-hybridized carbons (Fsp3) is 0.333. The van der Waals surface area contributed by atoms with Crippen molar-refractivity contribution >= 4 is 29.1 Å². The Morgan fingerprint density at radius 3 is 2.50 bits per heavy atom. The molecule has 22 heavy (non-hydrogen) atoms. The highest BCUT2D eigenvalue weighted by molar-refractivity contribution is 6.35. The molecular formula is C15H16Cl2FN3O. The molecule has 4 nitrogen and oxygen atoms in total. The zero-order chi connectivity index (χ0) is 16.4. The first-order valence-electron chi connectivity index (χ1n) is 6.80. The molecule has 7 heteroatoms. The molecule has 0 spiro atoms. The van der Waals surface area contributed by atoms with Crippen LogP contribution in [0.5, 0.6) is 0 Å². The highest BCUT2D eigenvalue weighted by Gasteiger charge is 2.18. The van der Waals surface area contributed by atoms with Crippen LogP contribution in [0.1, 0.15) is 54.5 Å². The van der Waals surface area contributed by atoms with Crippen LogP contribution in [0.25, 0.3) is 0 Å². The molecule has 0 saturated carbocycles. The van der Waals surface area contributed by atoms with Crippen molar-refractivity contribution in [2.75, 3.05) is 0 Å². The highest BCUT2D eigenvalue weighted by atomic mass is 35.5. The maximum atomic E-state index is 13.6. The lowest BCUT2D eigenvalue weighted by atomic mass is 10.1. The van der Waals surface area contributed by atoms with Crippen LogP contribution in [0.3, 0.4) is 0 Å². The Morgan fingerprint density at radius 2 is 1.91 bits per heavy atom. The first kappa shape index (κ1) is 16.8. The monoisotopic (exact) mass is 343 g/mol. The number of carbonyl (C=O) groups is 1. The van der Waals surface area contributed by atoms with Crippen LogP contribution in [0.4, 0.5) is 4.39 Å². The van der Waals surface area contributed by atoms with Gasteiger partial charge in [-0.3, -0.25) is 9.89 Å². The number of aromatic nitrogens is 2. The third-order valence-electron chi connectivity index (χ3n) is 3.31. The number of benzene rings is 1. The number of hydrogen-bond donors (Lipinski definition) is 2. The quantitative estimate of drug-likeness (QED) is 0.804. The lowest BCUT2D eigenvalue weighted by molar-refractivity contribution is 0.0934. The second kappa shape index (κ2) is 6.67. The molecule has 2 N–H and O–H groups in total. The van der Waals surface area contributed by atoms with E-state index in [-0.39, 0.29) is 22.5 Å². The first-order chi connectivity index (χ1) is 10.3. The van der Waals surface area contributed by atoms with E-state index in [9.17, 15) is 9.18 Å². The van der Waals surface area contributed by atoms with Crippen molar-refractivity contribution < 1.29 is 9.18 Å². The van der Waals surface area contributed by atoms with Gasteiger partial charge in [-0.05, 0) is 36.6 Å². The molecule has 0 bridgehead atoms. The smallest absolute Gasteiger partial charge is 0.272 e. The van der Waals surface area contributed by atoms with Gasteiger partial charge in [-0.15, -0.1) is 0 Å². The van der Waals surface area contributed by atoms with Gasteiger partial charge in [-0.25, -0.2) is 4.39 Å². The van der Waals surface area contributed by atoms with Gasteiger partial charge in [0.25, 0.3) is 5.91 Å². The van der Waals surface area contributed by atoms with Crippen molar-refractivity contribution in [2.24, 2.45) is 0 Å². The largest absolute Gasteiger partial charge is 0.344 e. The van der Waals surface area contributed by atoms with Crippen molar-refractivity contribution in [1.29, 1.82) is 0 Å². The zero-order valence-corrected chi connectivity index (χ0v) is 13.9. The number of rotatable bonds is 4. The third-order valence-corrected chi connectivity index (χ3v) is 3.92. The first-order valence-corrected chi connectivity index (χ1v) is 7.55. The average molecular weight is 344 g/mol. The van der Waals surface area contributed by atoms with E-state index in [4.69, 9.17) is 23.2 Å². The summed E-state index contributed by atoms with van der Waals surface area (Å²) < 4.78 is 13.6. The summed E-state index contributed by atoms with van der Waals surface area (Å²) in [5.74, 6) is -0.697. The van der Waals surface area contributed by atoms with Crippen LogP contribution in [0.15, 0.2) is 18.2 Å². The Kier molecular flexibility index (Phi) is 5.08. The number of nitrogens with one attached hydrogen (secondary N) is 2. The number of carbonyl (C=O) groups excluding carboxylic acids is 1. The summed E-state index contributed by atoms with van der Waals surface area (Å²) in [4.78, 5) is 12.2. The molecule has 1 aromatic carbocycles. The van der Waals surface area contributed by atoms with Gasteiger partial charge in [0.15, 0.2) is 0 Å². The molecule has 0 aliphatic rings. The Hall–Kier alpha value is -1.59. The van der Waals surface area contributed by atoms with Gasteiger partial charge < -0.3 is 5.32 Å². The van der Waals surface area contributed by atoms with E-state index in [1.54, 1.807) is 13.0 Å². The number of halogens is 3. The van der Waals surface area contributed by atoms with E-state index in [2.05, 4.69) is 15.5 Å². The van der Waals surface area contributed by atoms with Gasteiger partial charge in [0.2, 0.25) is 0 Å². The summed E-state index contributed by atoms with van der Waals surface area (Å²) in [6, 6.07) is 3.75. The number of hydrogen-bond acceptors (Lipinski definition) is 2. The molecule has 118 valence electrons. The van der Waals surface area contributed by atoms with E-state index in [0.29, 0.717) is 10.6 Å². The average Bonchev–Trinajstić information content (AvgIpc) is 2.92. The molecule has 1 atom stereocenters. The van der Waals surface area contributed by atoms with E-state index in [1.165, 1.54) is 12.1 Å². The van der Waals surface area contributed by atoms with Crippen LogP contribution in [-0.4, -0.2) is 16.1 Å². The molecule has 1 amide bonds. The molecule has 0 aliphatic carbocycles. The molecule has 0 radical (unpaired) electrons. The Balaban J connectivity index is 2.15. The second-order valence-electron chi connectivity index (χ2n) is 5.35. The van der Waals surface area contributed by atoms with Crippen LogP contribution in [0, 0.1) is 5.82 Å². The maximum Gasteiger partial charge on any atom is 0.272 e. The van der Waals surface area contributed by atoms with Crippen LogP contribution in [0.2, 0.25) is 10.0 Å². The van der Waals surface area contributed by atoms with Crippen molar-refractivity contribution in [3.8, 4) is 0 Å². The molecule has 0 saturated heterocycles. The minimum Gasteiger partial charge on any atom is -0.344 e. The Bertz CT molecular complexity index is 700. The summed E-state index contributed by atoms with van der Waals surface area (Å²) in [6.07, 6.45) is 0. The van der Waals surface area contributed by atoms with Gasteiger partial charge in [0, 0.05) is 10.7 Å². The van der Waals surface area contributed by atoms with E-state index in [0.717, 1.165) is 5.69 Å². The number of aromatic amines is 1. The van der Waals surface area contributed by atoms with Gasteiger partial charge in [0.1, 0.15) is 11.5 Å². The second-order valence-corrected chi connectivity index (χ2v) is 6.16. The predicted octanol–water partition coefficient (Wildman–Crippen LogP) is 4.47. The molecule has 1 heterocycles. The number of H-pyrrole nitrogens is 1. The summed E-state index contributed by atoms with van der Waals surface area (Å²) >= 11 is 11.7. The van der Waals surface area contributed by atoms with Gasteiger partial charge in [0.05, 0.1) is 11.1 Å². The minimum absolute atomic E-state index is 0.0545. The maximum absolute atomic E-state index is 13.6. The Labute approximate surface area is 138 Å². The minimum atomic E-state index is -0.580. The Morgan fingerprint density at radius 1 is 1.23 bits per heavy atom. The van der Waals surface area contributed by atoms with Crippen LogP contribution >= 0.6 is 23.2 Å². The van der Waals surface area contributed by atoms with Crippen molar-refractivity contribution in [1.82, 2.24) is 15.5 Å². The highest BCUT2D eigenvalue weighted by Crippen LogP contribution is 2.28. The number of amides is 1. The normalized spacial score (nSPS) is 12.5. The molecule has 2 aromatic rings. The predicted molar refractivity (Wildman–Crippen MR) is 85.0 cm³/mol. The van der Waals surface area contributed by atoms with Crippen molar-refractivity contribution in [3.05, 3.63) is 51.0 Å². The van der Waals surface area contributed by atoms with Gasteiger partial charge in [-0.2, -0.15) is 5.10 Å². The summed E-state index contributed by atoms with van der Waals surface area (Å²) in [5.41, 5.74) is 1.60. The fourth-order valence-electron chi connectivity index (χ4n) is 1.97. The molecule has 0 fully saturated rings. The van der Waals surface area contributed by atoms with Crippen molar-refractivity contribution in [3.63, 3.8) is 0 Å². The van der Waals surface area contributed by atoms with Crippen LogP contribution < -0.4 is 5.32 Å². The third kappa shape index (κ3) is 3.59. The molecule has 1 aromatic heterocycles. The molecule has 2 rings (SSSR count). The van der Waals surface area contributed by atoms with E-state index >= 15 is 0 Å². The zero-order valence-electron chi connectivity index (χ0n) is 12.4. The van der Waals surface area contributed by atoms with E-state index < -0.39 is 11.9 Å². The van der Waals surface area contributed by atoms with Gasteiger partial charge in [-0.1, -0.05) is 37.0 Å². The van der Waals surface area contributed by atoms with Crippen LogP contribution in [-0.2, 0) is 0 Å². The summed E-state index contributed by atoms with van der Waals surface area (Å²) in [7, 11) is 0. The number of nitrogens with zero attached hydrogens (tertiary/aromatic N) is 1. The van der Waals surface area contributed by atoms with Crippen molar-refractivity contribution in [2.45, 2.75) is 32.7 Å². The topological polar surface area (TPSA) is 57.8 Å². The summed E-state index contributed by atoms with van der Waals surface area (Å²) in [5, 5.41) is 9.76. The fourth-order valence-corrected chi connectivity index (χ4v) is 2.51. The van der Waals surface area contributed by atoms with Gasteiger partial charge >= 0.3 is 0 Å². The molecule has 1 unspecified atom stereocenters. The molecular weight excluding hydrogens is 328 g/mol.